The normalized spacial score (nSPS) is 13.6. The van der Waals surface area contributed by atoms with Crippen molar-refractivity contribution in [1.29, 1.82) is 0 Å². The molecule has 0 aromatic carbocycles. The average molecular weight is 546 g/mol. The first kappa shape index (κ1) is 34.2. The van der Waals surface area contributed by atoms with Crippen molar-refractivity contribution in [2.24, 2.45) is 0 Å². The molecule has 0 amide bonds. The summed E-state index contributed by atoms with van der Waals surface area (Å²) in [7, 11) is 0. The van der Waals surface area contributed by atoms with Gasteiger partial charge in [-0.3, -0.25) is 0 Å². The molecule has 1 unspecified atom stereocenters. The molecule has 0 saturated heterocycles. The van der Waals surface area contributed by atoms with E-state index in [9.17, 15) is 44.1 Å². The van der Waals surface area contributed by atoms with Crippen LogP contribution < -0.4 is 0 Å². The summed E-state index contributed by atoms with van der Waals surface area (Å²) in [5.74, 6) is -9.34. The molecule has 7 N–H and O–H groups in total. The molecule has 1 atom stereocenters. The number of aliphatic hydroxyl groups is 5. The number of carbonyl (C=O) groups is 6. The molecule has 0 aliphatic carbocycles. The zero-order chi connectivity index (χ0) is 29.4. The first-order valence-electron chi connectivity index (χ1n) is 11.1. The fraction of sp³-hybridized carbons (Fsp3) is 0.478. The number of carboxylic acid groups (broad SMARTS) is 2. The molecule has 0 spiro atoms. The fourth-order valence-electron chi connectivity index (χ4n) is 3.03. The molecule has 212 valence electrons. The van der Waals surface area contributed by atoms with Gasteiger partial charge in [0.1, 0.15) is 0 Å². The maximum atomic E-state index is 12.5. The highest BCUT2D eigenvalue weighted by atomic mass is 16.6. The number of esters is 4. The lowest BCUT2D eigenvalue weighted by Gasteiger charge is -2.13. The van der Waals surface area contributed by atoms with Gasteiger partial charge in [-0.15, -0.1) is 0 Å². The summed E-state index contributed by atoms with van der Waals surface area (Å²) in [6, 6.07) is 0. The highest BCUT2D eigenvalue weighted by molar-refractivity contribution is 6.09. The molecule has 0 heterocycles. The first-order valence-corrected chi connectivity index (χ1v) is 11.1. The van der Waals surface area contributed by atoms with Gasteiger partial charge >= 0.3 is 35.8 Å². The van der Waals surface area contributed by atoms with Crippen molar-refractivity contribution in [2.45, 2.75) is 45.1 Å². The number of aliphatic carboxylic acids is 2. The Kier molecular flexibility index (Phi) is 15.9. The van der Waals surface area contributed by atoms with Crippen molar-refractivity contribution in [1.82, 2.24) is 0 Å². The first-order chi connectivity index (χ1) is 17.8. The molecule has 15 heteroatoms. The topological polar surface area (TPSA) is 262 Å². The van der Waals surface area contributed by atoms with E-state index >= 15 is 0 Å². The number of ether oxygens (including phenoxy) is 2. The minimum absolute atomic E-state index is 0.380. The second kappa shape index (κ2) is 17.7. The van der Waals surface area contributed by atoms with Crippen molar-refractivity contribution in [2.75, 3.05) is 26.4 Å². The Morgan fingerprint density at radius 3 is 1.34 bits per heavy atom. The Morgan fingerprint density at radius 1 is 0.632 bits per heavy atom. The SMILES string of the molecule is CC(O)C/C(=C/C(=O)OC(=O)/C(CCO)=C(/CCO)C(=O)O)C(=O)OC(=O)/C(CCO)=C(/CCO)C(=O)O. The van der Waals surface area contributed by atoms with Crippen LogP contribution in [0.25, 0.3) is 0 Å². The van der Waals surface area contributed by atoms with Crippen molar-refractivity contribution in [3.05, 3.63) is 33.9 Å². The summed E-state index contributed by atoms with van der Waals surface area (Å²) < 4.78 is 9.09. The molecular formula is C23H30O15. The van der Waals surface area contributed by atoms with E-state index in [1.165, 1.54) is 6.92 Å². The van der Waals surface area contributed by atoms with Crippen LogP contribution in [0.2, 0.25) is 0 Å². The van der Waals surface area contributed by atoms with Crippen LogP contribution in [0.15, 0.2) is 33.9 Å². The average Bonchev–Trinajstić information content (AvgIpc) is 2.82. The van der Waals surface area contributed by atoms with Crippen LogP contribution in [-0.4, -0.2) is 104 Å². The molecule has 0 saturated carbocycles. The Hall–Kier alpha value is -3.76. The number of rotatable bonds is 16. The van der Waals surface area contributed by atoms with Gasteiger partial charge in [0.15, 0.2) is 0 Å². The molecule has 0 rings (SSSR count). The quantitative estimate of drug-likeness (QED) is 0.0634. The lowest BCUT2D eigenvalue weighted by molar-refractivity contribution is -0.157. The van der Waals surface area contributed by atoms with Crippen LogP contribution in [-0.2, 0) is 38.2 Å². The summed E-state index contributed by atoms with van der Waals surface area (Å²) in [6.07, 6.45) is -3.66. The molecule has 0 aliphatic rings. The Labute approximate surface area is 215 Å². The number of hydrogen-bond acceptors (Lipinski definition) is 13. The Morgan fingerprint density at radius 2 is 1.00 bits per heavy atom. The van der Waals surface area contributed by atoms with Crippen LogP contribution in [0.1, 0.15) is 39.0 Å². The van der Waals surface area contributed by atoms with E-state index in [0.717, 1.165) is 0 Å². The van der Waals surface area contributed by atoms with Crippen molar-refractivity contribution in [3.63, 3.8) is 0 Å². The minimum atomic E-state index is -1.62. The number of carbonyl (C=O) groups excluding carboxylic acids is 4. The lowest BCUT2D eigenvalue weighted by atomic mass is 10.0. The maximum absolute atomic E-state index is 12.5. The zero-order valence-electron chi connectivity index (χ0n) is 20.4. The maximum Gasteiger partial charge on any atom is 0.342 e. The summed E-state index contributed by atoms with van der Waals surface area (Å²) in [5.41, 5.74) is -3.23. The largest absolute Gasteiger partial charge is 0.478 e. The van der Waals surface area contributed by atoms with E-state index in [1.54, 1.807) is 0 Å². The Balaban J connectivity index is 6.13. The van der Waals surface area contributed by atoms with Gasteiger partial charge in [0.05, 0.1) is 17.3 Å². The standard InChI is InChI=1S/C23H30O15/c1-12(28)10-13(21(34)38-23(36)17(5-9-27)15(3-7-25)20(32)33)11-18(29)37-22(35)16(4-8-26)14(2-6-24)19(30)31/h11-12,24-28H,2-10H2,1H3,(H,30,31)(H,32,33)/b13-11-,16-14-,17-15-. The molecule has 15 nitrogen and oxygen atoms in total. The molecule has 0 bridgehead atoms. The van der Waals surface area contributed by atoms with Gasteiger partial charge in [-0.2, -0.15) is 0 Å². The summed E-state index contributed by atoms with van der Waals surface area (Å²) in [6.45, 7) is -1.60. The van der Waals surface area contributed by atoms with E-state index in [-0.39, 0.29) is 0 Å². The Bertz CT molecular complexity index is 1000. The highest BCUT2D eigenvalue weighted by Crippen LogP contribution is 2.18. The van der Waals surface area contributed by atoms with Gasteiger partial charge in [0.2, 0.25) is 0 Å². The smallest absolute Gasteiger partial charge is 0.342 e. The highest BCUT2D eigenvalue weighted by Gasteiger charge is 2.27. The van der Waals surface area contributed by atoms with E-state index < -0.39 is 128 Å². The van der Waals surface area contributed by atoms with E-state index in [1.807, 2.05) is 0 Å². The molecule has 38 heavy (non-hydrogen) atoms. The summed E-state index contributed by atoms with van der Waals surface area (Å²) in [5, 5.41) is 64.5. The van der Waals surface area contributed by atoms with Gasteiger partial charge < -0.3 is 45.2 Å². The molecular weight excluding hydrogens is 516 g/mol. The van der Waals surface area contributed by atoms with Crippen LogP contribution in [0.3, 0.4) is 0 Å². The predicted octanol–water partition coefficient (Wildman–Crippen LogP) is -1.88. The predicted molar refractivity (Wildman–Crippen MR) is 123 cm³/mol. The van der Waals surface area contributed by atoms with Gasteiger partial charge in [0.25, 0.3) is 0 Å². The third-order valence-corrected chi connectivity index (χ3v) is 4.63. The van der Waals surface area contributed by atoms with E-state index in [4.69, 9.17) is 20.4 Å². The fourth-order valence-corrected chi connectivity index (χ4v) is 3.03. The van der Waals surface area contributed by atoms with Gasteiger partial charge in [-0.25, -0.2) is 28.8 Å². The molecule has 0 aromatic heterocycles. The minimum Gasteiger partial charge on any atom is -0.478 e. The van der Waals surface area contributed by atoms with Crippen LogP contribution in [0.5, 0.6) is 0 Å². The van der Waals surface area contributed by atoms with Crippen LogP contribution in [0.4, 0.5) is 0 Å². The third kappa shape index (κ3) is 11.5. The lowest BCUT2D eigenvalue weighted by Crippen LogP contribution is -2.23. The summed E-state index contributed by atoms with van der Waals surface area (Å²) >= 11 is 0. The van der Waals surface area contributed by atoms with Gasteiger partial charge in [-0.1, -0.05) is 0 Å². The molecule has 0 radical (unpaired) electrons. The van der Waals surface area contributed by atoms with Gasteiger partial charge in [0, 0.05) is 81.3 Å². The molecule has 0 fully saturated rings. The monoisotopic (exact) mass is 546 g/mol. The number of aliphatic hydroxyl groups excluding tert-OH is 5. The van der Waals surface area contributed by atoms with Crippen molar-refractivity contribution < 1.29 is 74.0 Å². The van der Waals surface area contributed by atoms with Crippen LogP contribution >= 0.6 is 0 Å². The second-order valence-electron chi connectivity index (χ2n) is 7.53. The van der Waals surface area contributed by atoms with E-state index in [2.05, 4.69) is 9.47 Å². The van der Waals surface area contributed by atoms with Gasteiger partial charge in [-0.05, 0) is 6.92 Å². The number of hydrogen-bond donors (Lipinski definition) is 7. The van der Waals surface area contributed by atoms with Crippen molar-refractivity contribution in [3.8, 4) is 0 Å². The number of carboxylic acids is 2. The van der Waals surface area contributed by atoms with Crippen LogP contribution in [0, 0.1) is 0 Å². The second-order valence-corrected chi connectivity index (χ2v) is 7.53. The van der Waals surface area contributed by atoms with E-state index in [0.29, 0.717) is 6.08 Å². The third-order valence-electron chi connectivity index (χ3n) is 4.63. The van der Waals surface area contributed by atoms with Crippen molar-refractivity contribution >= 4 is 35.8 Å². The molecule has 0 aromatic rings. The molecule has 0 aliphatic heterocycles. The zero-order valence-corrected chi connectivity index (χ0v) is 20.4. The summed E-state index contributed by atoms with van der Waals surface area (Å²) in [4.78, 5) is 72.4.